The summed E-state index contributed by atoms with van der Waals surface area (Å²) in [5, 5.41) is 0.611. The van der Waals surface area contributed by atoms with Crippen molar-refractivity contribution in [1.82, 2.24) is 14.3 Å². The Labute approximate surface area is 146 Å². The zero-order chi connectivity index (χ0) is 18.2. The summed E-state index contributed by atoms with van der Waals surface area (Å²) in [4.78, 5) is 17.4. The molecular formula is C18H27N3O2S. The predicted octanol–water partition coefficient (Wildman–Crippen LogP) is 2.92. The van der Waals surface area contributed by atoms with Crippen LogP contribution in [0.1, 0.15) is 57.6 Å². The van der Waals surface area contributed by atoms with Gasteiger partial charge in [0.25, 0.3) is 5.56 Å². The van der Waals surface area contributed by atoms with E-state index in [2.05, 4.69) is 4.72 Å². The Morgan fingerprint density at radius 1 is 1.33 bits per heavy atom. The van der Waals surface area contributed by atoms with Crippen LogP contribution in [-0.4, -0.2) is 18.5 Å². The van der Waals surface area contributed by atoms with E-state index in [-0.39, 0.29) is 16.3 Å². The Morgan fingerprint density at radius 3 is 2.50 bits per heavy atom. The molecule has 132 valence electrons. The summed E-state index contributed by atoms with van der Waals surface area (Å²) >= 11 is 0. The first-order chi connectivity index (χ1) is 11.1. The molecule has 1 aromatic carbocycles. The molecule has 1 unspecified atom stereocenters. The first-order valence-electron chi connectivity index (χ1n) is 8.24. The van der Waals surface area contributed by atoms with Gasteiger partial charge in [0.15, 0.2) is 0 Å². The number of aromatic nitrogens is 2. The molecule has 5 nitrogen and oxygen atoms in total. The Morgan fingerprint density at radius 2 is 1.96 bits per heavy atom. The fraction of sp³-hybridized carbons (Fsp3) is 0.556. The molecule has 0 bridgehead atoms. The van der Waals surface area contributed by atoms with E-state index in [1.165, 1.54) is 0 Å². The average Bonchev–Trinajstić information content (AvgIpc) is 2.49. The lowest BCUT2D eigenvalue weighted by atomic mass is 10.0. The van der Waals surface area contributed by atoms with Gasteiger partial charge in [-0.3, -0.25) is 9.36 Å². The van der Waals surface area contributed by atoms with Crippen LogP contribution in [-0.2, 0) is 24.5 Å². The van der Waals surface area contributed by atoms with Crippen molar-refractivity contribution in [2.24, 2.45) is 7.05 Å². The lowest BCUT2D eigenvalue weighted by Crippen LogP contribution is -2.35. The van der Waals surface area contributed by atoms with Gasteiger partial charge in [-0.1, -0.05) is 13.0 Å². The van der Waals surface area contributed by atoms with Crippen LogP contribution in [0.3, 0.4) is 0 Å². The second-order valence-corrected chi connectivity index (χ2v) is 9.21. The Hall–Kier alpha value is -1.53. The number of benzene rings is 1. The number of rotatable bonds is 4. The van der Waals surface area contributed by atoms with Crippen molar-refractivity contribution in [2.75, 3.05) is 0 Å². The van der Waals surface area contributed by atoms with Gasteiger partial charge in [-0.25, -0.2) is 13.9 Å². The average molecular weight is 350 g/mol. The van der Waals surface area contributed by atoms with Crippen LogP contribution in [0.15, 0.2) is 16.9 Å². The molecule has 0 aliphatic carbocycles. The number of hydrogen-bond acceptors (Lipinski definition) is 3. The monoisotopic (exact) mass is 349 g/mol. The van der Waals surface area contributed by atoms with Crippen LogP contribution in [0, 0.1) is 6.92 Å². The van der Waals surface area contributed by atoms with Crippen molar-refractivity contribution in [3.05, 3.63) is 39.4 Å². The number of aryl methyl sites for hydroxylation is 2. The van der Waals surface area contributed by atoms with Crippen molar-refractivity contribution >= 4 is 21.9 Å². The second kappa shape index (κ2) is 6.76. The van der Waals surface area contributed by atoms with Gasteiger partial charge in [-0.05, 0) is 51.8 Å². The maximum Gasteiger partial charge on any atom is 0.261 e. The summed E-state index contributed by atoms with van der Waals surface area (Å²) in [7, 11) is 0.560. The standard InChI is InChI=1S/C18H27N3O2S/c1-8-15-19-16-13(12(3)20-24(23)18(4,5)6)9-11(2)10-14(16)17(22)21(15)7/h9-10,12,20H,8H2,1-7H3/t12-,24?/m1/s1. The third-order valence-electron chi connectivity index (χ3n) is 4.07. The lowest BCUT2D eigenvalue weighted by Gasteiger charge is -2.23. The third kappa shape index (κ3) is 3.59. The SMILES string of the molecule is CCc1nc2c([C@@H](C)NS(=O)C(C)(C)C)cc(C)cc2c(=O)n1C. The molecule has 1 aromatic heterocycles. The summed E-state index contributed by atoms with van der Waals surface area (Å²) in [6, 6.07) is 3.73. The van der Waals surface area contributed by atoms with E-state index in [4.69, 9.17) is 4.98 Å². The molecule has 0 spiro atoms. The molecular weight excluding hydrogens is 322 g/mol. The quantitative estimate of drug-likeness (QED) is 0.923. The summed E-state index contributed by atoms with van der Waals surface area (Å²) in [6.07, 6.45) is 0.685. The van der Waals surface area contributed by atoms with Gasteiger partial charge in [0.1, 0.15) is 5.82 Å². The molecule has 24 heavy (non-hydrogen) atoms. The Kier molecular flexibility index (Phi) is 5.30. The first kappa shape index (κ1) is 18.8. The molecule has 0 saturated heterocycles. The molecule has 2 aromatic rings. The van der Waals surface area contributed by atoms with Crippen LogP contribution < -0.4 is 10.3 Å². The van der Waals surface area contributed by atoms with Gasteiger partial charge in [0.05, 0.1) is 26.6 Å². The summed E-state index contributed by atoms with van der Waals surface area (Å²) < 4.78 is 16.8. The van der Waals surface area contributed by atoms with E-state index < -0.39 is 11.0 Å². The van der Waals surface area contributed by atoms with Crippen LogP contribution in [0.4, 0.5) is 0 Å². The van der Waals surface area contributed by atoms with Crippen LogP contribution in [0.5, 0.6) is 0 Å². The van der Waals surface area contributed by atoms with E-state index in [9.17, 15) is 9.00 Å². The molecule has 0 saturated carbocycles. The minimum Gasteiger partial charge on any atom is -0.299 e. The second-order valence-electron chi connectivity index (χ2n) is 7.22. The van der Waals surface area contributed by atoms with Crippen molar-refractivity contribution < 1.29 is 4.21 Å². The largest absolute Gasteiger partial charge is 0.299 e. The summed E-state index contributed by atoms with van der Waals surface area (Å²) in [6.45, 7) is 11.7. The van der Waals surface area contributed by atoms with E-state index >= 15 is 0 Å². The normalized spacial score (nSPS) is 14.8. The molecule has 1 N–H and O–H groups in total. The Bertz CT molecular complexity index is 850. The van der Waals surface area contributed by atoms with Gasteiger partial charge in [-0.2, -0.15) is 0 Å². The molecule has 0 fully saturated rings. The van der Waals surface area contributed by atoms with Crippen LogP contribution >= 0.6 is 0 Å². The highest BCUT2D eigenvalue weighted by Gasteiger charge is 2.23. The predicted molar refractivity (Wildman–Crippen MR) is 101 cm³/mol. The van der Waals surface area contributed by atoms with E-state index in [1.807, 2.05) is 53.7 Å². The molecule has 2 atom stereocenters. The van der Waals surface area contributed by atoms with Gasteiger partial charge >= 0.3 is 0 Å². The van der Waals surface area contributed by atoms with Crippen molar-refractivity contribution in [1.29, 1.82) is 0 Å². The van der Waals surface area contributed by atoms with E-state index in [0.29, 0.717) is 17.3 Å². The minimum atomic E-state index is -1.20. The number of hydrogen-bond donors (Lipinski definition) is 1. The highest BCUT2D eigenvalue weighted by Crippen LogP contribution is 2.24. The van der Waals surface area contributed by atoms with Crippen molar-refractivity contribution in [3.63, 3.8) is 0 Å². The third-order valence-corrected chi connectivity index (χ3v) is 5.75. The molecule has 0 radical (unpaired) electrons. The first-order valence-corrected chi connectivity index (χ1v) is 9.39. The fourth-order valence-electron chi connectivity index (χ4n) is 2.64. The smallest absolute Gasteiger partial charge is 0.261 e. The number of fused-ring (bicyclic) bond motifs is 1. The molecule has 0 aliphatic heterocycles. The zero-order valence-electron chi connectivity index (χ0n) is 15.6. The topological polar surface area (TPSA) is 64.0 Å². The molecule has 2 rings (SSSR count). The lowest BCUT2D eigenvalue weighted by molar-refractivity contribution is 0.616. The maximum absolute atomic E-state index is 12.7. The maximum atomic E-state index is 12.7. The van der Waals surface area contributed by atoms with Crippen LogP contribution in [0.2, 0.25) is 0 Å². The van der Waals surface area contributed by atoms with Gasteiger partial charge < -0.3 is 0 Å². The number of nitrogens with one attached hydrogen (secondary N) is 1. The van der Waals surface area contributed by atoms with Gasteiger partial charge in [0.2, 0.25) is 0 Å². The minimum absolute atomic E-state index is 0.0362. The molecule has 0 amide bonds. The number of nitrogens with zero attached hydrogens (tertiary/aromatic N) is 2. The van der Waals surface area contributed by atoms with E-state index in [1.54, 1.807) is 11.6 Å². The highest BCUT2D eigenvalue weighted by molar-refractivity contribution is 7.84. The van der Waals surface area contributed by atoms with E-state index in [0.717, 1.165) is 17.0 Å². The van der Waals surface area contributed by atoms with Crippen molar-refractivity contribution in [3.8, 4) is 0 Å². The molecule has 1 heterocycles. The highest BCUT2D eigenvalue weighted by atomic mass is 32.2. The van der Waals surface area contributed by atoms with Crippen LogP contribution in [0.25, 0.3) is 10.9 Å². The zero-order valence-corrected chi connectivity index (χ0v) is 16.4. The summed E-state index contributed by atoms with van der Waals surface area (Å²) in [5.41, 5.74) is 2.57. The van der Waals surface area contributed by atoms with Gasteiger partial charge in [-0.15, -0.1) is 0 Å². The Balaban J connectivity index is 2.64. The fourth-order valence-corrected chi connectivity index (χ4v) is 3.45. The molecule has 6 heteroatoms. The van der Waals surface area contributed by atoms with Crippen molar-refractivity contribution in [2.45, 2.75) is 58.8 Å². The summed E-state index contributed by atoms with van der Waals surface area (Å²) in [5.74, 6) is 0.752. The van der Waals surface area contributed by atoms with Gasteiger partial charge in [0, 0.05) is 19.5 Å². The molecule has 0 aliphatic rings.